The fraction of sp³-hybridized carbons (Fsp3) is 0.625. The molecule has 1 saturated heterocycles. The summed E-state index contributed by atoms with van der Waals surface area (Å²) in [6.45, 7) is 3.09. The zero-order valence-electron chi connectivity index (χ0n) is 7.16. The third-order valence-electron chi connectivity index (χ3n) is 2.31. The molecule has 2 heterocycles. The first-order valence-electron chi connectivity index (χ1n) is 4.19. The molecule has 1 unspecified atom stereocenters. The average molecular weight is 167 g/mol. The van der Waals surface area contributed by atoms with Gasteiger partial charge in [-0.3, -0.25) is 4.90 Å². The molecule has 1 N–H and O–H groups in total. The number of nitrogens with one attached hydrogen (secondary N) is 1. The maximum atomic E-state index is 4.81. The second-order valence-corrected chi connectivity index (χ2v) is 3.12. The molecule has 0 saturated carbocycles. The van der Waals surface area contributed by atoms with Crippen LogP contribution in [0.2, 0.25) is 0 Å². The number of piperazine rings is 1. The van der Waals surface area contributed by atoms with E-state index in [1.165, 1.54) is 0 Å². The maximum Gasteiger partial charge on any atom is 0.124 e. The van der Waals surface area contributed by atoms with Crippen LogP contribution in [0.3, 0.4) is 0 Å². The summed E-state index contributed by atoms with van der Waals surface area (Å²) < 4.78 is 4.81. The van der Waals surface area contributed by atoms with Gasteiger partial charge in [-0.05, 0) is 7.05 Å². The topological polar surface area (TPSA) is 41.3 Å². The molecule has 0 amide bonds. The van der Waals surface area contributed by atoms with Crippen molar-refractivity contribution < 1.29 is 4.52 Å². The smallest absolute Gasteiger partial charge is 0.124 e. The van der Waals surface area contributed by atoms with Crippen molar-refractivity contribution in [1.82, 2.24) is 15.4 Å². The van der Waals surface area contributed by atoms with Crippen LogP contribution in [0.5, 0.6) is 0 Å². The van der Waals surface area contributed by atoms with Crippen molar-refractivity contribution in [1.29, 1.82) is 0 Å². The predicted octanol–water partition coefficient (Wildman–Crippen LogP) is 0.251. The molecule has 1 atom stereocenters. The molecule has 66 valence electrons. The summed E-state index contributed by atoms with van der Waals surface area (Å²) in [5.74, 6) is 0. The highest BCUT2D eigenvalue weighted by Crippen LogP contribution is 2.17. The lowest BCUT2D eigenvalue weighted by Crippen LogP contribution is -2.43. The SMILES string of the molecule is CN1CCNCC1c1ccon1. The number of nitrogens with zero attached hydrogens (tertiary/aromatic N) is 2. The molecule has 0 bridgehead atoms. The second-order valence-electron chi connectivity index (χ2n) is 3.12. The molecule has 4 heteroatoms. The fourth-order valence-corrected chi connectivity index (χ4v) is 1.53. The van der Waals surface area contributed by atoms with Crippen molar-refractivity contribution in [2.24, 2.45) is 0 Å². The Kier molecular flexibility index (Phi) is 2.10. The molecule has 1 aliphatic heterocycles. The summed E-state index contributed by atoms with van der Waals surface area (Å²) >= 11 is 0. The van der Waals surface area contributed by atoms with Crippen LogP contribution in [0.4, 0.5) is 0 Å². The van der Waals surface area contributed by atoms with Crippen molar-refractivity contribution >= 4 is 0 Å². The summed E-state index contributed by atoms with van der Waals surface area (Å²) in [7, 11) is 2.11. The van der Waals surface area contributed by atoms with E-state index in [2.05, 4.69) is 22.4 Å². The summed E-state index contributed by atoms with van der Waals surface area (Å²) in [4.78, 5) is 2.29. The number of aromatic nitrogens is 1. The molecule has 0 aromatic carbocycles. The van der Waals surface area contributed by atoms with Gasteiger partial charge in [0, 0.05) is 25.7 Å². The van der Waals surface area contributed by atoms with E-state index >= 15 is 0 Å². The zero-order valence-corrected chi connectivity index (χ0v) is 7.16. The Morgan fingerprint density at radius 2 is 2.67 bits per heavy atom. The molecule has 4 nitrogen and oxygen atoms in total. The quantitative estimate of drug-likeness (QED) is 0.651. The number of hydrogen-bond acceptors (Lipinski definition) is 4. The Labute approximate surface area is 71.5 Å². The van der Waals surface area contributed by atoms with Gasteiger partial charge >= 0.3 is 0 Å². The largest absolute Gasteiger partial charge is 0.364 e. The van der Waals surface area contributed by atoms with Crippen LogP contribution in [0, 0.1) is 0 Å². The average Bonchev–Trinajstić information content (AvgIpc) is 2.57. The normalized spacial score (nSPS) is 25.9. The van der Waals surface area contributed by atoms with Gasteiger partial charge in [0.25, 0.3) is 0 Å². The van der Waals surface area contributed by atoms with E-state index in [0.717, 1.165) is 25.3 Å². The van der Waals surface area contributed by atoms with Gasteiger partial charge in [-0.25, -0.2) is 0 Å². The van der Waals surface area contributed by atoms with Gasteiger partial charge < -0.3 is 9.84 Å². The summed E-state index contributed by atoms with van der Waals surface area (Å²) in [6, 6.07) is 2.30. The van der Waals surface area contributed by atoms with Gasteiger partial charge in [-0.1, -0.05) is 5.16 Å². The predicted molar refractivity (Wildman–Crippen MR) is 44.7 cm³/mol. The first-order valence-corrected chi connectivity index (χ1v) is 4.19. The lowest BCUT2D eigenvalue weighted by molar-refractivity contribution is 0.193. The maximum absolute atomic E-state index is 4.81. The van der Waals surface area contributed by atoms with E-state index in [1.54, 1.807) is 6.26 Å². The molecule has 0 aliphatic carbocycles. The molecule has 1 aliphatic rings. The number of hydrogen-bond donors (Lipinski definition) is 1. The molecular formula is C8H13N3O. The molecule has 12 heavy (non-hydrogen) atoms. The molecular weight excluding hydrogens is 154 g/mol. The van der Waals surface area contributed by atoms with E-state index < -0.39 is 0 Å². The van der Waals surface area contributed by atoms with Gasteiger partial charge in [0.2, 0.25) is 0 Å². The first kappa shape index (κ1) is 7.76. The molecule has 0 radical (unpaired) electrons. The molecule has 0 spiro atoms. The van der Waals surface area contributed by atoms with E-state index in [-0.39, 0.29) is 0 Å². The van der Waals surface area contributed by atoms with Gasteiger partial charge in [0.15, 0.2) is 0 Å². The van der Waals surface area contributed by atoms with Crippen LogP contribution in [-0.2, 0) is 0 Å². The van der Waals surface area contributed by atoms with Gasteiger partial charge in [-0.15, -0.1) is 0 Å². The van der Waals surface area contributed by atoms with Crippen LogP contribution in [0.15, 0.2) is 16.9 Å². The summed E-state index contributed by atoms with van der Waals surface area (Å²) in [6.07, 6.45) is 1.62. The van der Waals surface area contributed by atoms with Crippen molar-refractivity contribution in [2.45, 2.75) is 6.04 Å². The minimum Gasteiger partial charge on any atom is -0.364 e. The number of likely N-dealkylation sites (N-methyl/N-ethyl adjacent to an activating group) is 1. The molecule has 2 rings (SSSR count). The summed E-state index contributed by atoms with van der Waals surface area (Å²) in [5, 5.41) is 7.26. The lowest BCUT2D eigenvalue weighted by atomic mass is 10.1. The van der Waals surface area contributed by atoms with Crippen molar-refractivity contribution in [3.8, 4) is 0 Å². The Hall–Kier alpha value is -0.870. The van der Waals surface area contributed by atoms with Gasteiger partial charge in [-0.2, -0.15) is 0 Å². The highest BCUT2D eigenvalue weighted by Gasteiger charge is 2.21. The number of rotatable bonds is 1. The third kappa shape index (κ3) is 1.35. The van der Waals surface area contributed by atoms with Crippen LogP contribution < -0.4 is 5.32 Å². The van der Waals surface area contributed by atoms with E-state index in [0.29, 0.717) is 6.04 Å². The Morgan fingerprint density at radius 3 is 3.33 bits per heavy atom. The Bertz CT molecular complexity index is 234. The fourth-order valence-electron chi connectivity index (χ4n) is 1.53. The van der Waals surface area contributed by atoms with Crippen LogP contribution in [-0.4, -0.2) is 36.7 Å². The zero-order chi connectivity index (χ0) is 8.39. The van der Waals surface area contributed by atoms with Crippen molar-refractivity contribution in [3.05, 3.63) is 18.0 Å². The van der Waals surface area contributed by atoms with Crippen LogP contribution >= 0.6 is 0 Å². The van der Waals surface area contributed by atoms with E-state index in [4.69, 9.17) is 4.52 Å². The Morgan fingerprint density at radius 1 is 1.75 bits per heavy atom. The standard InChI is InChI=1S/C8H13N3O/c1-11-4-3-9-6-8(11)7-2-5-12-10-7/h2,5,8-9H,3-4,6H2,1H3. The Balaban J connectivity index is 2.11. The minimum atomic E-state index is 0.373. The first-order chi connectivity index (χ1) is 5.88. The van der Waals surface area contributed by atoms with E-state index in [1.807, 2.05) is 6.07 Å². The van der Waals surface area contributed by atoms with Crippen LogP contribution in [0.1, 0.15) is 11.7 Å². The molecule has 1 aromatic heterocycles. The minimum absolute atomic E-state index is 0.373. The third-order valence-corrected chi connectivity index (χ3v) is 2.31. The van der Waals surface area contributed by atoms with E-state index in [9.17, 15) is 0 Å². The highest BCUT2D eigenvalue weighted by atomic mass is 16.5. The molecule has 1 aromatic rings. The van der Waals surface area contributed by atoms with Gasteiger partial charge in [0.1, 0.15) is 12.0 Å². The van der Waals surface area contributed by atoms with Crippen molar-refractivity contribution in [3.63, 3.8) is 0 Å². The monoisotopic (exact) mass is 167 g/mol. The van der Waals surface area contributed by atoms with Gasteiger partial charge in [0.05, 0.1) is 6.04 Å². The lowest BCUT2D eigenvalue weighted by Gasteiger charge is -2.31. The summed E-state index contributed by atoms with van der Waals surface area (Å²) in [5.41, 5.74) is 1.02. The molecule has 1 fully saturated rings. The second kappa shape index (κ2) is 3.25. The van der Waals surface area contributed by atoms with Crippen molar-refractivity contribution in [2.75, 3.05) is 26.7 Å². The highest BCUT2D eigenvalue weighted by molar-refractivity contribution is 5.05. The van der Waals surface area contributed by atoms with Crippen LogP contribution in [0.25, 0.3) is 0 Å².